The van der Waals surface area contributed by atoms with E-state index < -0.39 is 12.1 Å². The maximum absolute atomic E-state index is 12.0. The Morgan fingerprint density at radius 1 is 1.26 bits per heavy atom. The largest absolute Gasteiger partial charge is 0.477 e. The molecule has 27 heavy (non-hydrogen) atoms. The summed E-state index contributed by atoms with van der Waals surface area (Å²) < 4.78 is 6.05. The zero-order chi connectivity index (χ0) is 19.2. The second kappa shape index (κ2) is 8.87. The minimum Gasteiger partial charge on any atom is -0.477 e. The first-order valence-corrected chi connectivity index (χ1v) is 9.52. The van der Waals surface area contributed by atoms with Crippen LogP contribution in [-0.4, -0.2) is 51.8 Å². The fourth-order valence-corrected chi connectivity index (χ4v) is 3.33. The third kappa shape index (κ3) is 5.69. The molecule has 0 atom stereocenters. The summed E-state index contributed by atoms with van der Waals surface area (Å²) in [6.07, 6.45) is 0.624. The molecule has 0 saturated carbocycles. The molecule has 1 aliphatic heterocycles. The number of ether oxygens (including phenoxy) is 1. The van der Waals surface area contributed by atoms with Gasteiger partial charge in [-0.05, 0) is 24.8 Å². The number of halogens is 1. The van der Waals surface area contributed by atoms with Gasteiger partial charge in [-0.15, -0.1) is 11.3 Å². The molecule has 1 aliphatic rings. The van der Waals surface area contributed by atoms with Gasteiger partial charge in [0.05, 0.1) is 6.61 Å². The first-order valence-electron chi connectivity index (χ1n) is 8.26. The minimum atomic E-state index is -0.881. The number of piperidine rings is 1. The van der Waals surface area contributed by atoms with Crippen LogP contribution in [0.25, 0.3) is 0 Å². The molecule has 0 spiro atoms. The monoisotopic (exact) mass is 411 g/mol. The Kier molecular flexibility index (Phi) is 6.30. The summed E-state index contributed by atoms with van der Waals surface area (Å²) in [5.41, 5.74) is 0. The molecule has 1 fully saturated rings. The average Bonchev–Trinajstić information content (AvgIpc) is 3.05. The predicted molar refractivity (Wildman–Crippen MR) is 102 cm³/mol. The van der Waals surface area contributed by atoms with Crippen LogP contribution in [0.3, 0.4) is 0 Å². The predicted octanol–water partition coefficient (Wildman–Crippen LogP) is 3.60. The lowest BCUT2D eigenvalue weighted by atomic mass is 9.98. The van der Waals surface area contributed by atoms with E-state index in [2.05, 4.69) is 20.6 Å². The normalized spacial score (nSPS) is 14.6. The Labute approximate surface area is 164 Å². The number of pyridine rings is 1. The maximum atomic E-state index is 12.0. The SMILES string of the molecule is O=C(Nc1cccc(OCC2CCN(C(=O)O)CC2)n1)Nc1csc(Cl)n1. The number of urea groups is 1. The number of carbonyl (C=O) groups excluding carboxylic acids is 1. The summed E-state index contributed by atoms with van der Waals surface area (Å²) in [6.45, 7) is 1.48. The van der Waals surface area contributed by atoms with Gasteiger partial charge in [-0.1, -0.05) is 17.7 Å². The summed E-state index contributed by atoms with van der Waals surface area (Å²) in [5, 5.41) is 15.8. The van der Waals surface area contributed by atoms with Crippen LogP contribution in [0, 0.1) is 5.92 Å². The Bertz CT molecular complexity index is 810. The number of carboxylic acid groups (broad SMARTS) is 1. The van der Waals surface area contributed by atoms with Gasteiger partial charge in [0.15, 0.2) is 4.47 Å². The number of carbonyl (C=O) groups is 2. The molecule has 1 saturated heterocycles. The highest BCUT2D eigenvalue weighted by Crippen LogP contribution is 2.20. The van der Waals surface area contributed by atoms with Gasteiger partial charge in [-0.2, -0.15) is 4.98 Å². The number of likely N-dealkylation sites (tertiary alicyclic amines) is 1. The topological polar surface area (TPSA) is 117 Å². The molecule has 2 aromatic heterocycles. The highest BCUT2D eigenvalue weighted by atomic mass is 35.5. The van der Waals surface area contributed by atoms with Crippen molar-refractivity contribution in [3.8, 4) is 5.88 Å². The summed E-state index contributed by atoms with van der Waals surface area (Å²) in [5.74, 6) is 1.37. The Morgan fingerprint density at radius 2 is 2.00 bits per heavy atom. The minimum absolute atomic E-state index is 0.275. The molecule has 3 amide bonds. The van der Waals surface area contributed by atoms with E-state index in [0.717, 1.165) is 12.8 Å². The summed E-state index contributed by atoms with van der Waals surface area (Å²) in [4.78, 5) is 32.5. The van der Waals surface area contributed by atoms with Crippen molar-refractivity contribution in [1.82, 2.24) is 14.9 Å². The quantitative estimate of drug-likeness (QED) is 0.692. The molecular weight excluding hydrogens is 394 g/mol. The van der Waals surface area contributed by atoms with Gasteiger partial charge in [-0.3, -0.25) is 10.6 Å². The fourth-order valence-electron chi connectivity index (χ4n) is 2.63. The van der Waals surface area contributed by atoms with E-state index >= 15 is 0 Å². The van der Waals surface area contributed by atoms with Crippen molar-refractivity contribution >= 4 is 46.7 Å². The molecule has 0 unspecified atom stereocenters. The van der Waals surface area contributed by atoms with Gasteiger partial charge in [0, 0.05) is 24.5 Å². The molecule has 11 heteroatoms. The van der Waals surface area contributed by atoms with Gasteiger partial charge >= 0.3 is 12.1 Å². The number of nitrogens with one attached hydrogen (secondary N) is 2. The van der Waals surface area contributed by atoms with Gasteiger partial charge < -0.3 is 14.7 Å². The summed E-state index contributed by atoms with van der Waals surface area (Å²) in [7, 11) is 0. The van der Waals surface area contributed by atoms with Crippen LogP contribution in [0.4, 0.5) is 21.2 Å². The van der Waals surface area contributed by atoms with E-state index in [9.17, 15) is 9.59 Å². The Balaban J connectivity index is 1.47. The lowest BCUT2D eigenvalue weighted by Gasteiger charge is -2.29. The first kappa shape index (κ1) is 19.2. The molecular formula is C16H18ClN5O4S. The number of thiazole rings is 1. The van der Waals surface area contributed by atoms with E-state index in [1.54, 1.807) is 23.6 Å². The number of aromatic nitrogens is 2. The molecule has 3 heterocycles. The lowest BCUT2D eigenvalue weighted by Crippen LogP contribution is -2.38. The van der Waals surface area contributed by atoms with Crippen molar-refractivity contribution in [2.24, 2.45) is 5.92 Å². The lowest BCUT2D eigenvalue weighted by molar-refractivity contribution is 0.111. The van der Waals surface area contributed by atoms with Crippen molar-refractivity contribution in [3.05, 3.63) is 28.0 Å². The second-order valence-electron chi connectivity index (χ2n) is 5.95. The number of rotatable bonds is 5. The standard InChI is InChI=1S/C16H18ClN5O4S/c17-14-19-12(9-27-14)21-15(23)20-11-2-1-3-13(18-11)26-8-10-4-6-22(7-5-10)16(24)25/h1-3,9-10H,4-8H2,(H,24,25)(H2,18,20,21,23). The van der Waals surface area contributed by atoms with Crippen LogP contribution < -0.4 is 15.4 Å². The Morgan fingerprint density at radius 3 is 2.67 bits per heavy atom. The zero-order valence-electron chi connectivity index (χ0n) is 14.2. The van der Waals surface area contributed by atoms with Crippen molar-refractivity contribution in [2.75, 3.05) is 30.3 Å². The highest BCUT2D eigenvalue weighted by molar-refractivity contribution is 7.14. The van der Waals surface area contributed by atoms with Crippen LogP contribution in [0.15, 0.2) is 23.6 Å². The second-order valence-corrected chi connectivity index (χ2v) is 7.39. The fraction of sp³-hybridized carbons (Fsp3) is 0.375. The molecule has 0 bridgehead atoms. The van der Waals surface area contributed by atoms with Crippen molar-refractivity contribution in [2.45, 2.75) is 12.8 Å². The van der Waals surface area contributed by atoms with Crippen LogP contribution >= 0.6 is 22.9 Å². The van der Waals surface area contributed by atoms with Crippen molar-refractivity contribution in [1.29, 1.82) is 0 Å². The zero-order valence-corrected chi connectivity index (χ0v) is 15.8. The van der Waals surface area contributed by atoms with E-state index in [0.29, 0.717) is 41.7 Å². The van der Waals surface area contributed by atoms with E-state index in [-0.39, 0.29) is 5.92 Å². The van der Waals surface area contributed by atoms with Crippen LogP contribution in [0.2, 0.25) is 4.47 Å². The summed E-state index contributed by atoms with van der Waals surface area (Å²) >= 11 is 6.94. The summed E-state index contributed by atoms with van der Waals surface area (Å²) in [6, 6.07) is 4.59. The molecule has 3 N–H and O–H groups in total. The number of anilines is 2. The number of hydrogen-bond donors (Lipinski definition) is 3. The van der Waals surface area contributed by atoms with Gasteiger partial charge in [-0.25, -0.2) is 14.6 Å². The number of amides is 3. The molecule has 0 aromatic carbocycles. The van der Waals surface area contributed by atoms with Crippen molar-refractivity contribution < 1.29 is 19.4 Å². The van der Waals surface area contributed by atoms with Crippen LogP contribution in [-0.2, 0) is 0 Å². The molecule has 3 rings (SSSR count). The van der Waals surface area contributed by atoms with Crippen LogP contribution in [0.1, 0.15) is 12.8 Å². The Hall–Kier alpha value is -2.59. The maximum Gasteiger partial charge on any atom is 0.407 e. The molecule has 0 aliphatic carbocycles. The first-order chi connectivity index (χ1) is 13.0. The smallest absolute Gasteiger partial charge is 0.407 e. The molecule has 9 nitrogen and oxygen atoms in total. The van der Waals surface area contributed by atoms with Crippen molar-refractivity contribution in [3.63, 3.8) is 0 Å². The number of nitrogens with zero attached hydrogens (tertiary/aromatic N) is 3. The van der Waals surface area contributed by atoms with Crippen LogP contribution in [0.5, 0.6) is 5.88 Å². The number of hydrogen-bond acceptors (Lipinski definition) is 6. The van der Waals surface area contributed by atoms with E-state index in [1.807, 2.05) is 0 Å². The van der Waals surface area contributed by atoms with Gasteiger partial charge in [0.2, 0.25) is 5.88 Å². The third-order valence-corrected chi connectivity index (χ3v) is 5.01. The highest BCUT2D eigenvalue weighted by Gasteiger charge is 2.22. The molecule has 2 aromatic rings. The van der Waals surface area contributed by atoms with E-state index in [1.165, 1.54) is 16.2 Å². The van der Waals surface area contributed by atoms with E-state index in [4.69, 9.17) is 21.4 Å². The molecule has 144 valence electrons. The van der Waals surface area contributed by atoms with Gasteiger partial charge in [0.1, 0.15) is 11.6 Å². The molecule has 0 radical (unpaired) electrons. The third-order valence-electron chi connectivity index (χ3n) is 4.03. The average molecular weight is 412 g/mol. The van der Waals surface area contributed by atoms with Gasteiger partial charge in [0.25, 0.3) is 0 Å².